The summed E-state index contributed by atoms with van der Waals surface area (Å²) in [6.45, 7) is 2.28. The zero-order chi connectivity index (χ0) is 21.1. The van der Waals surface area contributed by atoms with Crippen LogP contribution in [-0.4, -0.2) is 60.8 Å². The van der Waals surface area contributed by atoms with Gasteiger partial charge in [0.05, 0.1) is 19.9 Å². The van der Waals surface area contributed by atoms with E-state index in [-0.39, 0.29) is 24.1 Å². The van der Waals surface area contributed by atoms with Crippen molar-refractivity contribution in [3.63, 3.8) is 0 Å². The molecule has 4 rings (SSSR count). The molecule has 0 saturated carbocycles. The summed E-state index contributed by atoms with van der Waals surface area (Å²) >= 11 is 0. The van der Waals surface area contributed by atoms with Gasteiger partial charge in [-0.2, -0.15) is 0 Å². The number of carbonyl (C=O) groups is 1. The number of benzene rings is 2. The molecule has 0 unspecified atom stereocenters. The van der Waals surface area contributed by atoms with E-state index in [0.29, 0.717) is 54.9 Å². The Labute approximate surface area is 186 Å². The van der Waals surface area contributed by atoms with Crippen LogP contribution in [0.4, 0.5) is 10.3 Å². The molecule has 1 aliphatic heterocycles. The third kappa shape index (κ3) is 4.44. The Morgan fingerprint density at radius 1 is 1.00 bits per heavy atom. The minimum atomic E-state index is -0.306. The Morgan fingerprint density at radius 3 is 2.39 bits per heavy atom. The lowest BCUT2D eigenvalue weighted by Crippen LogP contribution is -2.49. The molecule has 7 nitrogen and oxygen atoms in total. The zero-order valence-corrected chi connectivity index (χ0v) is 18.1. The van der Waals surface area contributed by atoms with E-state index in [1.165, 1.54) is 6.07 Å². The van der Waals surface area contributed by atoms with Gasteiger partial charge >= 0.3 is 0 Å². The summed E-state index contributed by atoms with van der Waals surface area (Å²) in [5, 5.41) is 0. The highest BCUT2D eigenvalue weighted by molar-refractivity contribution is 5.95. The van der Waals surface area contributed by atoms with Crippen LogP contribution in [0.1, 0.15) is 10.4 Å². The second-order valence-electron chi connectivity index (χ2n) is 6.90. The van der Waals surface area contributed by atoms with Crippen molar-refractivity contribution in [2.24, 2.45) is 0 Å². The molecule has 0 spiro atoms. The quantitative estimate of drug-likeness (QED) is 0.601. The smallest absolute Gasteiger partial charge is 0.254 e. The molecule has 1 fully saturated rings. The van der Waals surface area contributed by atoms with Crippen molar-refractivity contribution in [3.05, 3.63) is 66.2 Å². The molecule has 0 aliphatic carbocycles. The molecule has 0 radical (unpaired) electrons. The summed E-state index contributed by atoms with van der Waals surface area (Å²) < 4.78 is 26.5. The van der Waals surface area contributed by atoms with E-state index < -0.39 is 0 Å². The molecule has 0 atom stereocenters. The number of hydrogen-bond acceptors (Lipinski definition) is 5. The van der Waals surface area contributed by atoms with Gasteiger partial charge in [0.25, 0.3) is 5.91 Å². The van der Waals surface area contributed by atoms with Gasteiger partial charge in [-0.15, -0.1) is 12.4 Å². The van der Waals surface area contributed by atoms with Crippen LogP contribution >= 0.6 is 12.4 Å². The molecule has 1 saturated heterocycles. The van der Waals surface area contributed by atoms with E-state index in [4.69, 9.17) is 9.47 Å². The zero-order valence-electron chi connectivity index (χ0n) is 17.3. The highest BCUT2D eigenvalue weighted by Gasteiger charge is 2.25. The van der Waals surface area contributed by atoms with Gasteiger partial charge in [-0.05, 0) is 30.3 Å². The van der Waals surface area contributed by atoms with Gasteiger partial charge in [-0.1, -0.05) is 12.1 Å². The molecule has 2 heterocycles. The summed E-state index contributed by atoms with van der Waals surface area (Å²) in [5.41, 5.74) is 1.00. The Bertz CT molecular complexity index is 1050. The predicted octanol–water partition coefficient (Wildman–Crippen LogP) is 3.41. The van der Waals surface area contributed by atoms with Crippen LogP contribution in [0, 0.1) is 5.82 Å². The van der Waals surface area contributed by atoms with Crippen molar-refractivity contribution < 1.29 is 18.7 Å². The Hall–Kier alpha value is -3.26. The summed E-state index contributed by atoms with van der Waals surface area (Å²) in [4.78, 5) is 21.2. The number of amides is 1. The molecule has 9 heteroatoms. The van der Waals surface area contributed by atoms with Crippen LogP contribution in [0.5, 0.6) is 11.5 Å². The largest absolute Gasteiger partial charge is 0.493 e. The van der Waals surface area contributed by atoms with E-state index in [1.807, 2.05) is 0 Å². The summed E-state index contributed by atoms with van der Waals surface area (Å²) in [7, 11) is 3.10. The fraction of sp³-hybridized carbons (Fsp3) is 0.273. The van der Waals surface area contributed by atoms with E-state index >= 15 is 0 Å². The number of anilines is 1. The van der Waals surface area contributed by atoms with Gasteiger partial charge in [0.2, 0.25) is 5.95 Å². The standard InChI is InChI=1S/C22H23FN4O3.ClH/c1-29-19-8-7-16(15-20(19)30-2)21(28)25-11-13-26(14-12-25)22-24-9-10-27(22)18-6-4-3-5-17(18)23;/h3-10,15H,11-14H2,1-2H3;1H. The van der Waals surface area contributed by atoms with Gasteiger partial charge < -0.3 is 19.3 Å². The third-order valence-electron chi connectivity index (χ3n) is 5.21. The minimum Gasteiger partial charge on any atom is -0.493 e. The first-order chi connectivity index (χ1) is 14.6. The van der Waals surface area contributed by atoms with Crippen molar-refractivity contribution in [1.82, 2.24) is 14.5 Å². The summed E-state index contributed by atoms with van der Waals surface area (Å²) in [5.74, 6) is 1.40. The molecule has 1 amide bonds. The topological polar surface area (TPSA) is 59.8 Å². The number of ether oxygens (including phenoxy) is 2. The predicted molar refractivity (Wildman–Crippen MR) is 118 cm³/mol. The number of carbonyl (C=O) groups excluding carboxylic acids is 1. The Kier molecular flexibility index (Phi) is 7.02. The van der Waals surface area contributed by atoms with Crippen molar-refractivity contribution in [3.8, 4) is 17.2 Å². The van der Waals surface area contributed by atoms with Crippen LogP contribution in [0.3, 0.4) is 0 Å². The van der Waals surface area contributed by atoms with Crippen LogP contribution in [0.2, 0.25) is 0 Å². The molecule has 31 heavy (non-hydrogen) atoms. The SMILES string of the molecule is COc1ccc(C(=O)N2CCN(c3nccn3-c3ccccc3F)CC2)cc1OC.Cl. The number of para-hydroxylation sites is 1. The number of rotatable bonds is 5. The highest BCUT2D eigenvalue weighted by Crippen LogP contribution is 2.28. The second kappa shape index (κ2) is 9.70. The first-order valence-corrected chi connectivity index (χ1v) is 9.67. The maximum atomic E-state index is 14.2. The molecule has 3 aromatic rings. The van der Waals surface area contributed by atoms with E-state index in [9.17, 15) is 9.18 Å². The van der Waals surface area contributed by atoms with Crippen LogP contribution < -0.4 is 14.4 Å². The number of hydrogen-bond donors (Lipinski definition) is 0. The number of halogens is 2. The van der Waals surface area contributed by atoms with Crippen molar-refractivity contribution >= 4 is 24.3 Å². The molecular weight excluding hydrogens is 423 g/mol. The fourth-order valence-corrected chi connectivity index (χ4v) is 3.63. The lowest BCUT2D eigenvalue weighted by Gasteiger charge is -2.35. The molecule has 2 aromatic carbocycles. The number of methoxy groups -OCH3 is 2. The average molecular weight is 447 g/mol. The molecule has 164 valence electrons. The van der Waals surface area contributed by atoms with Gasteiger partial charge in [0.15, 0.2) is 11.5 Å². The van der Waals surface area contributed by atoms with E-state index in [1.54, 1.807) is 72.5 Å². The van der Waals surface area contributed by atoms with Gasteiger partial charge in [-0.3, -0.25) is 9.36 Å². The van der Waals surface area contributed by atoms with Crippen molar-refractivity contribution in [1.29, 1.82) is 0 Å². The van der Waals surface area contributed by atoms with Crippen molar-refractivity contribution in [2.45, 2.75) is 0 Å². The Balaban J connectivity index is 0.00000272. The molecule has 0 bridgehead atoms. The third-order valence-corrected chi connectivity index (χ3v) is 5.21. The minimum absolute atomic E-state index is 0. The number of aromatic nitrogens is 2. The van der Waals surface area contributed by atoms with E-state index in [0.717, 1.165) is 0 Å². The first kappa shape index (κ1) is 22.4. The highest BCUT2D eigenvalue weighted by atomic mass is 35.5. The van der Waals surface area contributed by atoms with Crippen LogP contribution in [0.25, 0.3) is 5.69 Å². The van der Waals surface area contributed by atoms with E-state index in [2.05, 4.69) is 9.88 Å². The second-order valence-corrected chi connectivity index (χ2v) is 6.90. The van der Waals surface area contributed by atoms with Crippen molar-refractivity contribution in [2.75, 3.05) is 45.3 Å². The van der Waals surface area contributed by atoms with Crippen LogP contribution in [0.15, 0.2) is 54.9 Å². The summed E-state index contributed by atoms with van der Waals surface area (Å²) in [6.07, 6.45) is 3.40. The Morgan fingerprint density at radius 2 is 1.71 bits per heavy atom. The van der Waals surface area contributed by atoms with Crippen LogP contribution in [-0.2, 0) is 0 Å². The number of imidazole rings is 1. The lowest BCUT2D eigenvalue weighted by atomic mass is 10.1. The molecular formula is C22H24ClFN4O3. The van der Waals surface area contributed by atoms with Gasteiger partial charge in [0.1, 0.15) is 5.82 Å². The maximum absolute atomic E-state index is 14.2. The normalized spacial score (nSPS) is 13.5. The monoisotopic (exact) mass is 446 g/mol. The average Bonchev–Trinajstić information content (AvgIpc) is 3.28. The summed E-state index contributed by atoms with van der Waals surface area (Å²) in [6, 6.07) is 11.8. The number of nitrogens with zero attached hydrogens (tertiary/aromatic N) is 4. The lowest BCUT2D eigenvalue weighted by molar-refractivity contribution is 0.0745. The number of piperazine rings is 1. The van der Waals surface area contributed by atoms with Gasteiger partial charge in [-0.25, -0.2) is 9.37 Å². The van der Waals surface area contributed by atoms with Gasteiger partial charge in [0, 0.05) is 44.1 Å². The first-order valence-electron chi connectivity index (χ1n) is 9.67. The molecule has 1 aromatic heterocycles. The molecule has 0 N–H and O–H groups in total. The fourth-order valence-electron chi connectivity index (χ4n) is 3.63. The molecule has 1 aliphatic rings. The maximum Gasteiger partial charge on any atom is 0.254 e.